The van der Waals surface area contributed by atoms with Crippen LogP contribution in [0.1, 0.15) is 62.4 Å². The zero-order chi connectivity index (χ0) is 13.2. The lowest BCUT2D eigenvalue weighted by molar-refractivity contribution is 0.148. The zero-order valence-electron chi connectivity index (χ0n) is 11.7. The highest BCUT2D eigenvalue weighted by Crippen LogP contribution is 2.48. The molecule has 1 fully saturated rings. The molecule has 2 rings (SSSR count). The number of hydrogen-bond donors (Lipinski definition) is 1. The normalized spacial score (nSPS) is 20.9. The van der Waals surface area contributed by atoms with Gasteiger partial charge >= 0.3 is 0 Å². The minimum absolute atomic E-state index is 0.398. The summed E-state index contributed by atoms with van der Waals surface area (Å²) in [5.74, 6) is 0. The second-order valence-electron chi connectivity index (χ2n) is 5.81. The summed E-state index contributed by atoms with van der Waals surface area (Å²) in [5, 5.41) is 3.70. The minimum Gasteiger partial charge on any atom is -0.309 e. The molecule has 1 heterocycles. The van der Waals surface area contributed by atoms with Crippen molar-refractivity contribution >= 4 is 22.9 Å². The molecule has 1 unspecified atom stereocenters. The molecule has 1 saturated carbocycles. The Labute approximate surface area is 120 Å². The Balaban J connectivity index is 2.26. The molecule has 0 aromatic carbocycles. The van der Waals surface area contributed by atoms with Crippen molar-refractivity contribution in [3.63, 3.8) is 0 Å². The smallest absolute Gasteiger partial charge is 0.0960 e. The SMILES string of the molecule is CCNC(c1cc(C)c(Cl)s1)C1(C)CCCCC1. The highest BCUT2D eigenvalue weighted by atomic mass is 35.5. The third-order valence-electron chi connectivity index (χ3n) is 4.26. The van der Waals surface area contributed by atoms with Crippen LogP contribution >= 0.6 is 22.9 Å². The first-order valence-electron chi connectivity index (χ1n) is 7.06. The second kappa shape index (κ2) is 5.94. The highest BCUT2D eigenvalue weighted by molar-refractivity contribution is 7.16. The van der Waals surface area contributed by atoms with E-state index in [4.69, 9.17) is 11.6 Å². The molecule has 0 bridgehead atoms. The van der Waals surface area contributed by atoms with Crippen molar-refractivity contribution in [3.8, 4) is 0 Å². The van der Waals surface area contributed by atoms with E-state index < -0.39 is 0 Å². The largest absolute Gasteiger partial charge is 0.309 e. The fraction of sp³-hybridized carbons (Fsp3) is 0.733. The molecule has 0 aliphatic heterocycles. The molecule has 1 N–H and O–H groups in total. The molecular weight excluding hydrogens is 262 g/mol. The van der Waals surface area contributed by atoms with Crippen LogP contribution in [0.2, 0.25) is 4.34 Å². The second-order valence-corrected chi connectivity index (χ2v) is 7.50. The van der Waals surface area contributed by atoms with Crippen molar-refractivity contribution in [2.45, 2.75) is 58.9 Å². The van der Waals surface area contributed by atoms with E-state index in [2.05, 4.69) is 32.2 Å². The van der Waals surface area contributed by atoms with Crippen LogP contribution in [0.3, 0.4) is 0 Å². The summed E-state index contributed by atoms with van der Waals surface area (Å²) in [6.45, 7) is 7.77. The van der Waals surface area contributed by atoms with Gasteiger partial charge in [0.05, 0.1) is 4.34 Å². The van der Waals surface area contributed by atoms with Crippen LogP contribution in [0.4, 0.5) is 0 Å². The third-order valence-corrected chi connectivity index (χ3v) is 5.88. The van der Waals surface area contributed by atoms with Gasteiger partial charge in [-0.3, -0.25) is 0 Å². The maximum absolute atomic E-state index is 6.25. The fourth-order valence-corrected chi connectivity index (χ4v) is 4.64. The molecule has 0 radical (unpaired) electrons. The van der Waals surface area contributed by atoms with Crippen molar-refractivity contribution < 1.29 is 0 Å². The number of nitrogens with one attached hydrogen (secondary N) is 1. The van der Waals surface area contributed by atoms with Crippen LogP contribution in [-0.2, 0) is 0 Å². The molecule has 1 aromatic heterocycles. The number of rotatable bonds is 4. The van der Waals surface area contributed by atoms with Crippen LogP contribution in [0.25, 0.3) is 0 Å². The van der Waals surface area contributed by atoms with E-state index in [1.807, 2.05) is 0 Å². The van der Waals surface area contributed by atoms with Gasteiger partial charge in [0, 0.05) is 10.9 Å². The lowest BCUT2D eigenvalue weighted by Gasteiger charge is -2.41. The number of halogens is 1. The Bertz CT molecular complexity index is 374. The quantitative estimate of drug-likeness (QED) is 0.788. The molecule has 1 nitrogen and oxygen atoms in total. The van der Waals surface area contributed by atoms with Gasteiger partial charge in [-0.15, -0.1) is 11.3 Å². The molecule has 1 atom stereocenters. The van der Waals surface area contributed by atoms with E-state index in [1.165, 1.54) is 42.5 Å². The minimum atomic E-state index is 0.398. The molecule has 1 aromatic rings. The van der Waals surface area contributed by atoms with Gasteiger partial charge < -0.3 is 5.32 Å². The van der Waals surface area contributed by atoms with E-state index in [0.29, 0.717) is 11.5 Å². The first-order chi connectivity index (χ1) is 8.57. The summed E-state index contributed by atoms with van der Waals surface area (Å²) < 4.78 is 0.951. The van der Waals surface area contributed by atoms with E-state index in [-0.39, 0.29) is 0 Å². The van der Waals surface area contributed by atoms with Gasteiger partial charge in [-0.25, -0.2) is 0 Å². The lowest BCUT2D eigenvalue weighted by Crippen LogP contribution is -2.37. The number of hydrogen-bond acceptors (Lipinski definition) is 2. The Morgan fingerprint density at radius 1 is 1.39 bits per heavy atom. The van der Waals surface area contributed by atoms with Crippen molar-refractivity contribution in [3.05, 3.63) is 20.8 Å². The summed E-state index contributed by atoms with van der Waals surface area (Å²) in [4.78, 5) is 1.42. The Morgan fingerprint density at radius 2 is 2.06 bits per heavy atom. The topological polar surface area (TPSA) is 12.0 Å². The zero-order valence-corrected chi connectivity index (χ0v) is 13.3. The molecule has 1 aliphatic carbocycles. The first kappa shape index (κ1) is 14.4. The number of aryl methyl sites for hydroxylation is 1. The van der Waals surface area contributed by atoms with Gasteiger partial charge in [-0.1, -0.05) is 44.7 Å². The number of thiophene rings is 1. The average molecular weight is 286 g/mol. The van der Waals surface area contributed by atoms with Gasteiger partial charge in [0.15, 0.2) is 0 Å². The Kier molecular flexibility index (Phi) is 4.74. The summed E-state index contributed by atoms with van der Waals surface area (Å²) in [7, 11) is 0. The summed E-state index contributed by atoms with van der Waals surface area (Å²) >= 11 is 8.01. The van der Waals surface area contributed by atoms with Crippen molar-refractivity contribution in [2.24, 2.45) is 5.41 Å². The highest BCUT2D eigenvalue weighted by Gasteiger charge is 2.36. The standard InChI is InChI=1S/C15H24ClNS/c1-4-17-13(12-10-11(2)14(16)18-12)15(3)8-6-5-7-9-15/h10,13,17H,4-9H2,1-3H3. The predicted octanol–water partition coefficient (Wildman–Crippen LogP) is 5.33. The lowest BCUT2D eigenvalue weighted by atomic mass is 9.70. The van der Waals surface area contributed by atoms with Crippen LogP contribution in [0.5, 0.6) is 0 Å². The van der Waals surface area contributed by atoms with Gasteiger partial charge in [0.25, 0.3) is 0 Å². The Morgan fingerprint density at radius 3 is 2.56 bits per heavy atom. The molecule has 0 amide bonds. The maximum Gasteiger partial charge on any atom is 0.0960 e. The van der Waals surface area contributed by atoms with E-state index in [9.17, 15) is 0 Å². The van der Waals surface area contributed by atoms with Crippen LogP contribution in [0.15, 0.2) is 6.07 Å². The third kappa shape index (κ3) is 2.92. The van der Waals surface area contributed by atoms with Crippen LogP contribution in [0, 0.1) is 12.3 Å². The van der Waals surface area contributed by atoms with Crippen LogP contribution in [-0.4, -0.2) is 6.54 Å². The Hall–Kier alpha value is -0.0500. The van der Waals surface area contributed by atoms with E-state index in [1.54, 1.807) is 11.3 Å². The molecule has 3 heteroatoms. The van der Waals surface area contributed by atoms with Gasteiger partial charge in [-0.05, 0) is 43.4 Å². The molecule has 1 aliphatic rings. The molecule has 102 valence electrons. The first-order valence-corrected chi connectivity index (χ1v) is 8.25. The van der Waals surface area contributed by atoms with Crippen LogP contribution < -0.4 is 5.32 Å². The van der Waals surface area contributed by atoms with Gasteiger partial charge in [0.1, 0.15) is 0 Å². The van der Waals surface area contributed by atoms with Crippen molar-refractivity contribution in [1.29, 1.82) is 0 Å². The predicted molar refractivity (Wildman–Crippen MR) is 81.7 cm³/mol. The summed E-state index contributed by atoms with van der Waals surface area (Å²) in [6, 6.07) is 2.75. The fourth-order valence-electron chi connectivity index (χ4n) is 3.17. The molecule has 18 heavy (non-hydrogen) atoms. The van der Waals surface area contributed by atoms with E-state index in [0.717, 1.165) is 10.9 Å². The monoisotopic (exact) mass is 285 g/mol. The molecule has 0 saturated heterocycles. The van der Waals surface area contributed by atoms with E-state index >= 15 is 0 Å². The summed E-state index contributed by atoms with van der Waals surface area (Å²) in [6.07, 6.45) is 6.81. The molecule has 0 spiro atoms. The average Bonchev–Trinajstić information content (AvgIpc) is 2.67. The van der Waals surface area contributed by atoms with Gasteiger partial charge in [0.2, 0.25) is 0 Å². The molecular formula is C15H24ClNS. The van der Waals surface area contributed by atoms with Gasteiger partial charge in [-0.2, -0.15) is 0 Å². The van der Waals surface area contributed by atoms with Crippen molar-refractivity contribution in [2.75, 3.05) is 6.54 Å². The maximum atomic E-state index is 6.25. The van der Waals surface area contributed by atoms with Crippen molar-refractivity contribution in [1.82, 2.24) is 5.32 Å². The summed E-state index contributed by atoms with van der Waals surface area (Å²) in [5.41, 5.74) is 1.62.